The van der Waals surface area contributed by atoms with Crippen molar-refractivity contribution in [1.29, 1.82) is 0 Å². The van der Waals surface area contributed by atoms with Crippen molar-refractivity contribution in [3.05, 3.63) is 70.3 Å². The van der Waals surface area contributed by atoms with Gasteiger partial charge in [0, 0.05) is 17.4 Å². The van der Waals surface area contributed by atoms with E-state index < -0.39 is 11.5 Å². The largest absolute Gasteiger partial charge is 0.481 e. The summed E-state index contributed by atoms with van der Waals surface area (Å²) < 4.78 is 1.50. The van der Waals surface area contributed by atoms with E-state index in [1.54, 1.807) is 0 Å². The van der Waals surface area contributed by atoms with Crippen molar-refractivity contribution in [2.45, 2.75) is 32.6 Å². The molecule has 2 heterocycles. The molecule has 0 unspecified atom stereocenters. The highest BCUT2D eigenvalue weighted by Gasteiger charge is 2.15. The summed E-state index contributed by atoms with van der Waals surface area (Å²) in [6.45, 7) is 4.20. The Labute approximate surface area is 166 Å². The van der Waals surface area contributed by atoms with Gasteiger partial charge in [0.05, 0.1) is 11.9 Å². The van der Waals surface area contributed by atoms with E-state index in [1.165, 1.54) is 4.52 Å². The second kappa shape index (κ2) is 7.43. The van der Waals surface area contributed by atoms with Crippen molar-refractivity contribution in [3.63, 3.8) is 0 Å². The van der Waals surface area contributed by atoms with Gasteiger partial charge in [-0.3, -0.25) is 9.59 Å². The summed E-state index contributed by atoms with van der Waals surface area (Å²) >= 11 is 0. The van der Waals surface area contributed by atoms with Crippen LogP contribution in [0.1, 0.15) is 37.6 Å². The summed E-state index contributed by atoms with van der Waals surface area (Å²) in [6.07, 6.45) is 0.0899. The molecule has 29 heavy (non-hydrogen) atoms. The molecular formula is C22H20N4O3. The number of fused-ring (bicyclic) bond motifs is 3. The van der Waals surface area contributed by atoms with Crippen LogP contribution >= 0.6 is 0 Å². The quantitative estimate of drug-likeness (QED) is 0.526. The molecular weight excluding hydrogens is 368 g/mol. The topological polar surface area (TPSA) is 97.5 Å². The molecule has 0 bridgehead atoms. The monoisotopic (exact) mass is 388 g/mol. The number of rotatable bonds is 5. The highest BCUT2D eigenvalue weighted by atomic mass is 16.4. The van der Waals surface area contributed by atoms with Crippen LogP contribution in [0.3, 0.4) is 0 Å². The molecule has 0 aliphatic heterocycles. The van der Waals surface area contributed by atoms with Gasteiger partial charge in [-0.05, 0) is 23.6 Å². The van der Waals surface area contributed by atoms with Crippen LogP contribution in [0, 0.1) is 0 Å². The first-order valence-corrected chi connectivity index (χ1v) is 9.45. The number of hydrogen-bond acceptors (Lipinski definition) is 5. The molecule has 0 amide bonds. The fourth-order valence-corrected chi connectivity index (χ4v) is 3.28. The molecule has 2 aromatic carbocycles. The Bertz CT molecular complexity index is 1280. The highest BCUT2D eigenvalue weighted by molar-refractivity contribution is 5.91. The lowest BCUT2D eigenvalue weighted by molar-refractivity contribution is -0.137. The molecule has 1 N–H and O–H groups in total. The maximum absolute atomic E-state index is 12.8. The lowest BCUT2D eigenvalue weighted by Gasteiger charge is -2.11. The number of aliphatic carboxylic acids is 1. The van der Waals surface area contributed by atoms with Crippen molar-refractivity contribution >= 4 is 22.5 Å². The number of carboxylic acids is 1. The van der Waals surface area contributed by atoms with E-state index in [4.69, 9.17) is 5.11 Å². The number of aromatic nitrogens is 4. The van der Waals surface area contributed by atoms with E-state index >= 15 is 0 Å². The van der Waals surface area contributed by atoms with Gasteiger partial charge in [-0.15, -0.1) is 0 Å². The maximum Gasteiger partial charge on any atom is 0.303 e. The Balaban J connectivity index is 1.94. The van der Waals surface area contributed by atoms with Gasteiger partial charge in [0.2, 0.25) is 0 Å². The van der Waals surface area contributed by atoms with Gasteiger partial charge < -0.3 is 5.11 Å². The summed E-state index contributed by atoms with van der Waals surface area (Å²) in [5.41, 5.74) is 2.64. The number of aryl methyl sites for hydroxylation is 1. The molecule has 4 rings (SSSR count). The lowest BCUT2D eigenvalue weighted by Crippen LogP contribution is -2.19. The third-order valence-electron chi connectivity index (χ3n) is 4.86. The summed E-state index contributed by atoms with van der Waals surface area (Å²) in [7, 11) is 0. The number of carbonyl (C=O) groups is 1. The predicted octanol–water partition coefficient (Wildman–Crippen LogP) is 3.45. The molecule has 7 nitrogen and oxygen atoms in total. The first-order valence-electron chi connectivity index (χ1n) is 9.45. The Kier molecular flexibility index (Phi) is 4.80. The van der Waals surface area contributed by atoms with E-state index in [1.807, 2.05) is 48.5 Å². The van der Waals surface area contributed by atoms with Crippen LogP contribution < -0.4 is 5.56 Å². The van der Waals surface area contributed by atoms with Crippen molar-refractivity contribution in [2.75, 3.05) is 0 Å². The van der Waals surface area contributed by atoms with Crippen LogP contribution in [0.5, 0.6) is 0 Å². The molecule has 0 aliphatic rings. The van der Waals surface area contributed by atoms with Crippen LogP contribution in [0.4, 0.5) is 0 Å². The van der Waals surface area contributed by atoms with Gasteiger partial charge in [-0.25, -0.2) is 4.98 Å². The number of carboxylic acid groups (broad SMARTS) is 1. The Morgan fingerprint density at radius 2 is 1.79 bits per heavy atom. The minimum atomic E-state index is -0.924. The average molecular weight is 388 g/mol. The molecule has 4 aromatic rings. The molecule has 0 atom stereocenters. The van der Waals surface area contributed by atoms with Gasteiger partial charge in [-0.1, -0.05) is 50.2 Å². The maximum atomic E-state index is 12.8. The second-order valence-corrected chi connectivity index (χ2v) is 7.22. The standard InChI is InChI=1S/C22H20N4O3/c1-13(2)14-7-9-15(10-8-14)20-22(29)24-21-16-5-3-4-6-17(16)23-18(26(21)25-20)11-12-19(27)28/h3-10,13H,11-12H2,1-2H3,(H,27,28). The SMILES string of the molecule is CC(C)c1ccc(-c2nn3c(CCC(=O)O)nc4ccccc4c3nc2=O)cc1. The van der Waals surface area contributed by atoms with E-state index in [0.717, 1.165) is 5.56 Å². The third kappa shape index (κ3) is 3.59. The molecule has 0 spiro atoms. The normalized spacial score (nSPS) is 11.4. The second-order valence-electron chi connectivity index (χ2n) is 7.22. The van der Waals surface area contributed by atoms with Gasteiger partial charge in [0.1, 0.15) is 5.82 Å². The Hall–Kier alpha value is -3.61. The minimum absolute atomic E-state index is 0.0906. The summed E-state index contributed by atoms with van der Waals surface area (Å²) in [5.74, 6) is -0.0914. The van der Waals surface area contributed by atoms with Gasteiger partial charge in [0.25, 0.3) is 5.56 Å². The van der Waals surface area contributed by atoms with Crippen LogP contribution in [0.25, 0.3) is 27.8 Å². The molecule has 0 aliphatic carbocycles. The fourth-order valence-electron chi connectivity index (χ4n) is 3.28. The van der Waals surface area contributed by atoms with Crippen molar-refractivity contribution in [3.8, 4) is 11.3 Å². The zero-order valence-electron chi connectivity index (χ0n) is 16.2. The number of benzene rings is 2. The van der Waals surface area contributed by atoms with Gasteiger partial charge in [0.15, 0.2) is 11.3 Å². The minimum Gasteiger partial charge on any atom is -0.481 e. The Morgan fingerprint density at radius 1 is 1.07 bits per heavy atom. The van der Waals surface area contributed by atoms with Crippen LogP contribution in [-0.4, -0.2) is 30.7 Å². The first-order chi connectivity index (χ1) is 13.9. The molecule has 0 radical (unpaired) electrons. The van der Waals surface area contributed by atoms with Gasteiger partial charge >= 0.3 is 5.97 Å². The third-order valence-corrected chi connectivity index (χ3v) is 4.86. The van der Waals surface area contributed by atoms with E-state index in [9.17, 15) is 9.59 Å². The number of nitrogens with zero attached hydrogens (tertiary/aromatic N) is 4. The van der Waals surface area contributed by atoms with Crippen molar-refractivity contribution in [1.82, 2.24) is 19.6 Å². The van der Waals surface area contributed by atoms with Crippen LogP contribution in [-0.2, 0) is 11.2 Å². The Morgan fingerprint density at radius 3 is 2.48 bits per heavy atom. The highest BCUT2D eigenvalue weighted by Crippen LogP contribution is 2.21. The average Bonchev–Trinajstić information content (AvgIpc) is 2.71. The summed E-state index contributed by atoms with van der Waals surface area (Å²) in [6, 6.07) is 15.0. The molecule has 2 aromatic heterocycles. The van der Waals surface area contributed by atoms with E-state index in [-0.39, 0.29) is 18.5 Å². The number of hydrogen-bond donors (Lipinski definition) is 1. The summed E-state index contributed by atoms with van der Waals surface area (Å²) in [4.78, 5) is 32.7. The molecule has 7 heteroatoms. The molecule has 0 saturated carbocycles. The molecule has 146 valence electrons. The zero-order valence-corrected chi connectivity index (χ0v) is 16.2. The smallest absolute Gasteiger partial charge is 0.303 e. The van der Waals surface area contributed by atoms with E-state index in [0.29, 0.717) is 33.9 Å². The lowest BCUT2D eigenvalue weighted by atomic mass is 10.0. The first kappa shape index (κ1) is 18.7. The summed E-state index contributed by atoms with van der Waals surface area (Å²) in [5, 5.41) is 14.3. The molecule has 0 fully saturated rings. The number of para-hydroxylation sites is 1. The zero-order chi connectivity index (χ0) is 20.5. The van der Waals surface area contributed by atoms with Crippen LogP contribution in [0.2, 0.25) is 0 Å². The molecule has 0 saturated heterocycles. The van der Waals surface area contributed by atoms with Crippen LogP contribution in [0.15, 0.2) is 53.3 Å². The fraction of sp³-hybridized carbons (Fsp3) is 0.227. The van der Waals surface area contributed by atoms with E-state index in [2.05, 4.69) is 28.9 Å². The van der Waals surface area contributed by atoms with Gasteiger partial charge in [-0.2, -0.15) is 14.6 Å². The van der Waals surface area contributed by atoms with Crippen molar-refractivity contribution in [2.24, 2.45) is 0 Å². The van der Waals surface area contributed by atoms with Crippen molar-refractivity contribution < 1.29 is 9.90 Å². The predicted molar refractivity (Wildman–Crippen MR) is 110 cm³/mol.